The molecule has 4 saturated carbocycles. The smallest absolute Gasteiger partial charge is 0.315 e. The van der Waals surface area contributed by atoms with E-state index in [0.29, 0.717) is 11.7 Å². The Hall–Kier alpha value is -2.45. The molecule has 0 saturated heterocycles. The number of nitrogens with one attached hydrogen (secondary N) is 3. The molecule has 2 aromatic rings. The van der Waals surface area contributed by atoms with Gasteiger partial charge in [0.05, 0.1) is 5.69 Å². The fraction of sp³-hybridized carbons (Fsp3) is 0.593. The SMILES string of the molecule is O=C(CCNC(=O)NC12CC3CC(CC(C3)C1)C2)Nc1nc2c(s1)CN(Cc1ccccc1)CC2. The van der Waals surface area contributed by atoms with E-state index in [1.54, 1.807) is 11.3 Å². The summed E-state index contributed by atoms with van der Waals surface area (Å²) >= 11 is 1.57. The molecule has 2 heterocycles. The monoisotopic (exact) mass is 493 g/mol. The second-order valence-electron chi connectivity index (χ2n) is 11.2. The van der Waals surface area contributed by atoms with Gasteiger partial charge in [-0.25, -0.2) is 9.78 Å². The predicted molar refractivity (Wildman–Crippen MR) is 137 cm³/mol. The Morgan fingerprint density at radius 2 is 1.77 bits per heavy atom. The molecule has 4 aliphatic carbocycles. The lowest BCUT2D eigenvalue weighted by molar-refractivity contribution is -0.116. The van der Waals surface area contributed by atoms with E-state index < -0.39 is 0 Å². The number of nitrogens with zero attached hydrogens (tertiary/aromatic N) is 2. The number of aromatic nitrogens is 1. The van der Waals surface area contributed by atoms with Crippen LogP contribution in [0.1, 0.15) is 61.1 Å². The molecule has 1 aromatic heterocycles. The van der Waals surface area contributed by atoms with Crippen LogP contribution in [0.15, 0.2) is 30.3 Å². The maximum Gasteiger partial charge on any atom is 0.315 e. The van der Waals surface area contributed by atoms with Crippen molar-refractivity contribution in [1.82, 2.24) is 20.5 Å². The summed E-state index contributed by atoms with van der Waals surface area (Å²) in [5.74, 6) is 2.28. The van der Waals surface area contributed by atoms with E-state index in [1.807, 2.05) is 6.07 Å². The normalized spacial score (nSPS) is 29.0. The Labute approximate surface area is 211 Å². The average molecular weight is 494 g/mol. The third-order valence-electron chi connectivity index (χ3n) is 8.36. The van der Waals surface area contributed by atoms with E-state index in [-0.39, 0.29) is 23.9 Å². The molecule has 0 atom stereocenters. The first-order chi connectivity index (χ1) is 17.0. The van der Waals surface area contributed by atoms with E-state index in [9.17, 15) is 9.59 Å². The number of anilines is 1. The lowest BCUT2D eigenvalue weighted by Gasteiger charge is -2.56. The number of carbonyl (C=O) groups excluding carboxylic acids is 2. The van der Waals surface area contributed by atoms with E-state index in [0.717, 1.165) is 68.8 Å². The van der Waals surface area contributed by atoms with Crippen molar-refractivity contribution < 1.29 is 9.59 Å². The highest BCUT2D eigenvalue weighted by Gasteiger charge is 2.51. The molecule has 1 aromatic carbocycles. The zero-order chi connectivity index (χ0) is 23.8. The summed E-state index contributed by atoms with van der Waals surface area (Å²) in [5, 5.41) is 9.83. The number of hydrogen-bond donors (Lipinski definition) is 3. The van der Waals surface area contributed by atoms with Crippen LogP contribution in [-0.4, -0.2) is 40.5 Å². The Kier molecular flexibility index (Phi) is 6.26. The van der Waals surface area contributed by atoms with Crippen LogP contribution in [0.3, 0.4) is 0 Å². The lowest BCUT2D eigenvalue weighted by atomic mass is 9.53. The zero-order valence-corrected chi connectivity index (χ0v) is 21.0. The van der Waals surface area contributed by atoms with Crippen molar-refractivity contribution in [2.45, 2.75) is 70.0 Å². The van der Waals surface area contributed by atoms with E-state index >= 15 is 0 Å². The van der Waals surface area contributed by atoms with Crippen LogP contribution in [0, 0.1) is 17.8 Å². The minimum Gasteiger partial charge on any atom is -0.338 e. The molecule has 186 valence electrons. The molecule has 4 fully saturated rings. The second-order valence-corrected chi connectivity index (χ2v) is 12.3. The van der Waals surface area contributed by atoms with Gasteiger partial charge in [0.15, 0.2) is 5.13 Å². The number of urea groups is 1. The van der Waals surface area contributed by atoms with Crippen molar-refractivity contribution in [3.63, 3.8) is 0 Å². The predicted octanol–water partition coefficient (Wildman–Crippen LogP) is 4.30. The average Bonchev–Trinajstić information content (AvgIpc) is 3.20. The van der Waals surface area contributed by atoms with Crippen molar-refractivity contribution in [1.29, 1.82) is 0 Å². The molecule has 3 amide bonds. The van der Waals surface area contributed by atoms with Gasteiger partial charge in [0, 0.05) is 49.4 Å². The van der Waals surface area contributed by atoms with Crippen molar-refractivity contribution in [2.75, 3.05) is 18.4 Å². The summed E-state index contributed by atoms with van der Waals surface area (Å²) in [6.07, 6.45) is 8.61. The molecule has 3 N–H and O–H groups in total. The second kappa shape index (κ2) is 9.54. The molecule has 0 radical (unpaired) electrons. The first kappa shape index (κ1) is 23.0. The highest BCUT2D eigenvalue weighted by atomic mass is 32.1. The molecule has 0 unspecified atom stereocenters. The fourth-order valence-corrected chi connectivity index (χ4v) is 8.37. The van der Waals surface area contributed by atoms with Gasteiger partial charge in [-0.2, -0.15) is 0 Å². The Morgan fingerprint density at radius 3 is 2.49 bits per heavy atom. The quantitative estimate of drug-likeness (QED) is 0.537. The Balaban J connectivity index is 0.947. The number of thiazole rings is 1. The van der Waals surface area contributed by atoms with Crippen molar-refractivity contribution in [2.24, 2.45) is 17.8 Å². The number of amides is 3. The zero-order valence-electron chi connectivity index (χ0n) is 20.2. The summed E-state index contributed by atoms with van der Waals surface area (Å²) in [7, 11) is 0. The Morgan fingerprint density at radius 1 is 1.06 bits per heavy atom. The summed E-state index contributed by atoms with van der Waals surface area (Å²) in [6, 6.07) is 10.4. The number of benzene rings is 1. The van der Waals surface area contributed by atoms with E-state index in [4.69, 9.17) is 0 Å². The van der Waals surface area contributed by atoms with Crippen LogP contribution in [0.25, 0.3) is 0 Å². The van der Waals surface area contributed by atoms with Crippen LogP contribution >= 0.6 is 11.3 Å². The van der Waals surface area contributed by atoms with Crippen LogP contribution < -0.4 is 16.0 Å². The summed E-state index contributed by atoms with van der Waals surface area (Å²) < 4.78 is 0. The topological polar surface area (TPSA) is 86.4 Å². The molecule has 4 bridgehead atoms. The molecular weight excluding hydrogens is 458 g/mol. The Bertz CT molecular complexity index is 1050. The van der Waals surface area contributed by atoms with Gasteiger partial charge in [-0.1, -0.05) is 30.3 Å². The minimum atomic E-state index is -0.122. The van der Waals surface area contributed by atoms with Gasteiger partial charge in [-0.05, 0) is 61.8 Å². The largest absolute Gasteiger partial charge is 0.338 e. The lowest BCUT2D eigenvalue weighted by Crippen LogP contribution is -2.61. The van der Waals surface area contributed by atoms with E-state index in [1.165, 1.54) is 29.7 Å². The van der Waals surface area contributed by atoms with E-state index in [2.05, 4.69) is 50.1 Å². The maximum atomic E-state index is 12.6. The summed E-state index contributed by atoms with van der Waals surface area (Å²) in [6.45, 7) is 3.10. The third-order valence-corrected chi connectivity index (χ3v) is 9.36. The molecule has 8 heteroatoms. The van der Waals surface area contributed by atoms with Crippen LogP contribution in [0.2, 0.25) is 0 Å². The fourth-order valence-electron chi connectivity index (χ4n) is 7.30. The highest BCUT2D eigenvalue weighted by Crippen LogP contribution is 2.55. The first-order valence-electron chi connectivity index (χ1n) is 13.1. The van der Waals surface area contributed by atoms with Gasteiger partial charge in [-0.3, -0.25) is 9.69 Å². The van der Waals surface area contributed by atoms with Gasteiger partial charge >= 0.3 is 6.03 Å². The molecule has 7 rings (SSSR count). The molecule has 0 spiro atoms. The van der Waals surface area contributed by atoms with Gasteiger partial charge in [0.2, 0.25) is 5.91 Å². The molecular formula is C27H35N5O2S. The summed E-state index contributed by atoms with van der Waals surface area (Å²) in [5.41, 5.74) is 2.41. The van der Waals surface area contributed by atoms with Gasteiger partial charge in [-0.15, -0.1) is 11.3 Å². The van der Waals surface area contributed by atoms with Crippen molar-refractivity contribution in [3.05, 3.63) is 46.5 Å². The number of carbonyl (C=O) groups is 2. The third kappa shape index (κ3) is 5.23. The standard InChI is InChI=1S/C27H35N5O2S/c33-24(6-8-28-25(34)31-27-13-19-10-20(14-27)12-21(11-19)15-27)30-26-29-22-7-9-32(17-23(22)35-26)16-18-4-2-1-3-5-18/h1-5,19-21H,6-17H2,(H2,28,31,34)(H,29,30,33). The van der Waals surface area contributed by atoms with Crippen molar-refractivity contribution in [3.8, 4) is 0 Å². The van der Waals surface area contributed by atoms with Gasteiger partial charge in [0.25, 0.3) is 0 Å². The first-order valence-corrected chi connectivity index (χ1v) is 13.9. The highest BCUT2D eigenvalue weighted by molar-refractivity contribution is 7.15. The van der Waals surface area contributed by atoms with Crippen molar-refractivity contribution >= 4 is 28.4 Å². The molecule has 35 heavy (non-hydrogen) atoms. The van der Waals surface area contributed by atoms with Crippen LogP contribution in [-0.2, 0) is 24.3 Å². The number of hydrogen-bond acceptors (Lipinski definition) is 5. The van der Waals surface area contributed by atoms with Gasteiger partial charge < -0.3 is 16.0 Å². The molecule has 5 aliphatic rings. The van der Waals surface area contributed by atoms with Crippen LogP contribution in [0.5, 0.6) is 0 Å². The number of fused-ring (bicyclic) bond motifs is 1. The number of rotatable bonds is 7. The summed E-state index contributed by atoms with van der Waals surface area (Å²) in [4.78, 5) is 33.4. The molecule has 7 nitrogen and oxygen atoms in total. The minimum absolute atomic E-state index is 0.00452. The maximum absolute atomic E-state index is 12.6. The van der Waals surface area contributed by atoms with Gasteiger partial charge in [0.1, 0.15) is 0 Å². The molecule has 1 aliphatic heterocycles. The van der Waals surface area contributed by atoms with Crippen LogP contribution in [0.4, 0.5) is 9.93 Å².